The van der Waals surface area contributed by atoms with E-state index >= 15 is 0 Å². The number of hydrogen-bond acceptors (Lipinski definition) is 3. The van der Waals surface area contributed by atoms with Gasteiger partial charge in [-0.2, -0.15) is 0 Å². The van der Waals surface area contributed by atoms with Gasteiger partial charge in [0.1, 0.15) is 5.75 Å². The lowest BCUT2D eigenvalue weighted by atomic mass is 9.90. The van der Waals surface area contributed by atoms with E-state index in [2.05, 4.69) is 50.0 Å². The first-order valence-electron chi connectivity index (χ1n) is 8.66. The van der Waals surface area contributed by atoms with Crippen LogP contribution in [0, 0.1) is 0 Å². The van der Waals surface area contributed by atoms with Crippen LogP contribution in [0.3, 0.4) is 0 Å². The zero-order valence-corrected chi connectivity index (χ0v) is 14.9. The maximum absolute atomic E-state index is 5.73. The second-order valence-electron chi connectivity index (χ2n) is 6.96. The Labute approximate surface area is 136 Å². The van der Waals surface area contributed by atoms with Crippen molar-refractivity contribution in [3.05, 3.63) is 28.8 Å². The molecule has 3 nitrogen and oxygen atoms in total. The third kappa shape index (κ3) is 4.23. The van der Waals surface area contributed by atoms with Gasteiger partial charge in [-0.15, -0.1) is 0 Å². The van der Waals surface area contributed by atoms with Crippen molar-refractivity contribution in [2.75, 3.05) is 39.8 Å². The number of piperazine rings is 1. The molecular formula is C19H32N2O. The zero-order valence-electron chi connectivity index (χ0n) is 14.9. The quantitative estimate of drug-likeness (QED) is 0.872. The maximum atomic E-state index is 5.73. The van der Waals surface area contributed by atoms with Gasteiger partial charge in [0, 0.05) is 32.7 Å². The third-order valence-corrected chi connectivity index (χ3v) is 4.58. The summed E-state index contributed by atoms with van der Waals surface area (Å²) in [7, 11) is 1.80. The van der Waals surface area contributed by atoms with E-state index in [0.29, 0.717) is 11.8 Å². The van der Waals surface area contributed by atoms with Gasteiger partial charge in [-0.25, -0.2) is 0 Å². The van der Waals surface area contributed by atoms with Gasteiger partial charge < -0.3 is 15.0 Å². The van der Waals surface area contributed by atoms with Gasteiger partial charge in [0.05, 0.1) is 7.11 Å². The Morgan fingerprint density at radius 3 is 2.05 bits per heavy atom. The average Bonchev–Trinajstić information content (AvgIpc) is 2.52. The Morgan fingerprint density at radius 2 is 1.59 bits per heavy atom. The minimum absolute atomic E-state index is 0.492. The van der Waals surface area contributed by atoms with Gasteiger partial charge in [0.25, 0.3) is 0 Å². The van der Waals surface area contributed by atoms with Crippen molar-refractivity contribution in [2.24, 2.45) is 0 Å². The Balaban J connectivity index is 2.19. The van der Waals surface area contributed by atoms with Crippen LogP contribution in [0.5, 0.6) is 5.75 Å². The highest BCUT2D eigenvalue weighted by molar-refractivity contribution is 5.48. The van der Waals surface area contributed by atoms with E-state index in [9.17, 15) is 0 Å². The first-order valence-corrected chi connectivity index (χ1v) is 8.66. The molecule has 0 aromatic heterocycles. The number of rotatable bonds is 6. The Morgan fingerprint density at radius 1 is 1.05 bits per heavy atom. The minimum atomic E-state index is 0.492. The number of methoxy groups -OCH3 is 1. The van der Waals surface area contributed by atoms with Crippen LogP contribution in [-0.2, 0) is 6.42 Å². The van der Waals surface area contributed by atoms with E-state index in [1.54, 1.807) is 7.11 Å². The molecule has 1 heterocycles. The fourth-order valence-corrected chi connectivity index (χ4v) is 3.20. The highest BCUT2D eigenvalue weighted by atomic mass is 16.5. The number of benzene rings is 1. The average molecular weight is 304 g/mol. The van der Waals surface area contributed by atoms with Crippen molar-refractivity contribution in [3.8, 4) is 5.75 Å². The van der Waals surface area contributed by atoms with Crippen LogP contribution in [-0.4, -0.2) is 44.7 Å². The smallest absolute Gasteiger partial charge is 0.125 e. The van der Waals surface area contributed by atoms with E-state index < -0.39 is 0 Å². The van der Waals surface area contributed by atoms with Gasteiger partial charge in [-0.3, -0.25) is 0 Å². The summed E-state index contributed by atoms with van der Waals surface area (Å²) in [6.45, 7) is 14.7. The summed E-state index contributed by atoms with van der Waals surface area (Å²) in [5.74, 6) is 2.08. The lowest BCUT2D eigenvalue weighted by molar-refractivity contribution is 0.244. The van der Waals surface area contributed by atoms with Crippen molar-refractivity contribution in [3.63, 3.8) is 0 Å². The van der Waals surface area contributed by atoms with Crippen molar-refractivity contribution in [1.29, 1.82) is 0 Å². The number of nitrogens with one attached hydrogen (secondary N) is 1. The van der Waals surface area contributed by atoms with Gasteiger partial charge in [-0.05, 0) is 34.9 Å². The molecule has 3 heteroatoms. The molecule has 1 aliphatic rings. The molecule has 124 valence electrons. The Hall–Kier alpha value is -1.06. The predicted octanol–water partition coefficient (Wildman–Crippen LogP) is 3.39. The summed E-state index contributed by atoms with van der Waals surface area (Å²) >= 11 is 0. The fraction of sp³-hybridized carbons (Fsp3) is 0.684. The highest BCUT2D eigenvalue weighted by Crippen LogP contribution is 2.35. The second kappa shape index (κ2) is 7.98. The minimum Gasteiger partial charge on any atom is -0.496 e. The van der Waals surface area contributed by atoms with Crippen LogP contribution in [0.1, 0.15) is 56.2 Å². The summed E-state index contributed by atoms with van der Waals surface area (Å²) in [6, 6.07) is 4.72. The van der Waals surface area contributed by atoms with Crippen molar-refractivity contribution in [1.82, 2.24) is 10.2 Å². The Bertz CT molecular complexity index is 447. The molecule has 0 saturated carbocycles. The van der Waals surface area contributed by atoms with Gasteiger partial charge in [0.15, 0.2) is 0 Å². The summed E-state index contributed by atoms with van der Waals surface area (Å²) < 4.78 is 5.73. The molecule has 0 bridgehead atoms. The van der Waals surface area contributed by atoms with Crippen LogP contribution in [0.4, 0.5) is 0 Å². The molecule has 1 N–H and O–H groups in total. The first kappa shape index (κ1) is 17.3. The number of ether oxygens (including phenoxy) is 1. The third-order valence-electron chi connectivity index (χ3n) is 4.58. The SMILES string of the molecule is COc1c(C(C)C)cc(CCN2CCNCC2)cc1C(C)C. The van der Waals surface area contributed by atoms with Crippen molar-refractivity contribution < 1.29 is 4.74 Å². The molecule has 22 heavy (non-hydrogen) atoms. The molecule has 1 aromatic carbocycles. The molecule has 1 aromatic rings. The van der Waals surface area contributed by atoms with Crippen LogP contribution < -0.4 is 10.1 Å². The molecule has 1 fully saturated rings. The fourth-order valence-electron chi connectivity index (χ4n) is 3.20. The zero-order chi connectivity index (χ0) is 16.1. The molecule has 0 spiro atoms. The predicted molar refractivity (Wildman–Crippen MR) is 94.2 cm³/mol. The second-order valence-corrected chi connectivity index (χ2v) is 6.96. The van der Waals surface area contributed by atoms with Gasteiger partial charge >= 0.3 is 0 Å². The van der Waals surface area contributed by atoms with E-state index in [4.69, 9.17) is 4.74 Å². The first-order chi connectivity index (χ1) is 10.5. The van der Waals surface area contributed by atoms with E-state index in [0.717, 1.165) is 31.8 Å². The molecule has 1 aliphatic heterocycles. The Kier molecular flexibility index (Phi) is 6.27. The van der Waals surface area contributed by atoms with Crippen LogP contribution in [0.2, 0.25) is 0 Å². The standard InChI is InChI=1S/C19H32N2O/c1-14(2)17-12-16(6-9-21-10-7-20-8-11-21)13-18(15(3)4)19(17)22-5/h12-15,20H,6-11H2,1-5H3. The molecule has 0 atom stereocenters. The molecule has 0 unspecified atom stereocenters. The van der Waals surface area contributed by atoms with Gasteiger partial charge in [0.2, 0.25) is 0 Å². The lowest BCUT2D eigenvalue weighted by Gasteiger charge is -2.27. The van der Waals surface area contributed by atoms with E-state index in [-0.39, 0.29) is 0 Å². The molecule has 1 saturated heterocycles. The highest BCUT2D eigenvalue weighted by Gasteiger charge is 2.17. The largest absolute Gasteiger partial charge is 0.496 e. The summed E-state index contributed by atoms with van der Waals surface area (Å²) in [4.78, 5) is 2.56. The van der Waals surface area contributed by atoms with Crippen LogP contribution >= 0.6 is 0 Å². The van der Waals surface area contributed by atoms with Crippen molar-refractivity contribution >= 4 is 0 Å². The molecule has 0 amide bonds. The van der Waals surface area contributed by atoms with E-state index in [1.165, 1.54) is 29.8 Å². The summed E-state index contributed by atoms with van der Waals surface area (Å²) in [5, 5.41) is 3.42. The summed E-state index contributed by atoms with van der Waals surface area (Å²) in [6.07, 6.45) is 1.13. The van der Waals surface area contributed by atoms with Crippen LogP contribution in [0.15, 0.2) is 12.1 Å². The number of nitrogens with zero attached hydrogens (tertiary/aromatic N) is 1. The topological polar surface area (TPSA) is 24.5 Å². The van der Waals surface area contributed by atoms with Gasteiger partial charge in [-0.1, -0.05) is 39.8 Å². The monoisotopic (exact) mass is 304 g/mol. The number of hydrogen-bond donors (Lipinski definition) is 1. The van der Waals surface area contributed by atoms with Crippen LogP contribution in [0.25, 0.3) is 0 Å². The molecular weight excluding hydrogens is 272 g/mol. The van der Waals surface area contributed by atoms with E-state index in [1.807, 2.05) is 0 Å². The maximum Gasteiger partial charge on any atom is 0.125 e. The van der Waals surface area contributed by atoms with Crippen molar-refractivity contribution in [2.45, 2.75) is 46.0 Å². The molecule has 0 aliphatic carbocycles. The molecule has 2 rings (SSSR count). The molecule has 0 radical (unpaired) electrons. The normalized spacial score (nSPS) is 16.5. The lowest BCUT2D eigenvalue weighted by Crippen LogP contribution is -2.44. The summed E-state index contributed by atoms with van der Waals surface area (Å²) in [5.41, 5.74) is 4.15.